The Morgan fingerprint density at radius 1 is 0.958 bits per heavy atom. The second-order valence-electron chi connectivity index (χ2n) is 6.18. The van der Waals surface area contributed by atoms with Crippen LogP contribution in [-0.4, -0.2) is 74.4 Å². The molecule has 24 heavy (non-hydrogen) atoms. The fourth-order valence-electron chi connectivity index (χ4n) is 3.21. The van der Waals surface area contributed by atoms with Gasteiger partial charge in [0, 0.05) is 50.3 Å². The van der Waals surface area contributed by atoms with Crippen molar-refractivity contribution < 1.29 is 13.2 Å². The van der Waals surface area contributed by atoms with Gasteiger partial charge in [-0.05, 0) is 24.6 Å². The van der Waals surface area contributed by atoms with E-state index in [4.69, 9.17) is 16.3 Å². The summed E-state index contributed by atoms with van der Waals surface area (Å²) in [7, 11) is -3.36. The summed E-state index contributed by atoms with van der Waals surface area (Å²) in [5.41, 5.74) is 1.20. The van der Waals surface area contributed by atoms with Crippen LogP contribution in [0.1, 0.15) is 18.5 Å². The van der Waals surface area contributed by atoms with Crippen LogP contribution in [0.4, 0.5) is 0 Å². The van der Waals surface area contributed by atoms with Gasteiger partial charge in [0.15, 0.2) is 0 Å². The summed E-state index contributed by atoms with van der Waals surface area (Å²) < 4.78 is 33.8. The number of hydrogen-bond acceptors (Lipinski definition) is 4. The van der Waals surface area contributed by atoms with Gasteiger partial charge in [0.2, 0.25) is 0 Å². The Morgan fingerprint density at radius 3 is 2.08 bits per heavy atom. The molecule has 0 radical (unpaired) electrons. The molecule has 1 unspecified atom stereocenters. The average molecular weight is 374 g/mol. The maximum absolute atomic E-state index is 12.7. The largest absolute Gasteiger partial charge is 0.379 e. The number of piperazine rings is 1. The van der Waals surface area contributed by atoms with Gasteiger partial charge in [0.05, 0.1) is 13.2 Å². The molecule has 2 aliphatic heterocycles. The quantitative estimate of drug-likeness (QED) is 0.804. The van der Waals surface area contributed by atoms with Crippen molar-refractivity contribution in [1.82, 2.24) is 13.5 Å². The highest BCUT2D eigenvalue weighted by molar-refractivity contribution is 7.86. The molecule has 2 fully saturated rings. The van der Waals surface area contributed by atoms with Gasteiger partial charge in [-0.1, -0.05) is 23.7 Å². The molecule has 1 aromatic carbocycles. The number of ether oxygens (including phenoxy) is 1. The Bertz CT molecular complexity index is 639. The molecule has 0 saturated carbocycles. The molecule has 6 nitrogen and oxygen atoms in total. The van der Waals surface area contributed by atoms with Crippen molar-refractivity contribution in [2.45, 2.75) is 13.0 Å². The van der Waals surface area contributed by atoms with Crippen molar-refractivity contribution in [3.63, 3.8) is 0 Å². The normalized spacial score (nSPS) is 23.2. The number of benzene rings is 1. The molecule has 2 saturated heterocycles. The van der Waals surface area contributed by atoms with E-state index in [-0.39, 0.29) is 6.04 Å². The third-order valence-corrected chi connectivity index (χ3v) is 7.08. The number of hydrogen-bond donors (Lipinski definition) is 0. The minimum atomic E-state index is -3.36. The zero-order valence-corrected chi connectivity index (χ0v) is 15.5. The van der Waals surface area contributed by atoms with E-state index in [1.54, 1.807) is 4.31 Å². The second-order valence-corrected chi connectivity index (χ2v) is 8.55. The Labute approximate surface area is 149 Å². The van der Waals surface area contributed by atoms with Crippen LogP contribution in [0.3, 0.4) is 0 Å². The van der Waals surface area contributed by atoms with Gasteiger partial charge in [-0.25, -0.2) is 0 Å². The first kappa shape index (κ1) is 18.1. The summed E-state index contributed by atoms with van der Waals surface area (Å²) >= 11 is 5.94. The first-order valence-electron chi connectivity index (χ1n) is 8.31. The third kappa shape index (κ3) is 3.92. The molecule has 1 aromatic rings. The summed E-state index contributed by atoms with van der Waals surface area (Å²) in [6.45, 7) is 6.51. The number of nitrogens with zero attached hydrogens (tertiary/aromatic N) is 3. The molecule has 2 heterocycles. The van der Waals surface area contributed by atoms with E-state index >= 15 is 0 Å². The van der Waals surface area contributed by atoms with Gasteiger partial charge >= 0.3 is 0 Å². The first-order valence-corrected chi connectivity index (χ1v) is 10.1. The van der Waals surface area contributed by atoms with E-state index in [1.165, 1.54) is 9.87 Å². The lowest BCUT2D eigenvalue weighted by molar-refractivity contribution is 0.0675. The Morgan fingerprint density at radius 2 is 1.50 bits per heavy atom. The van der Waals surface area contributed by atoms with Crippen molar-refractivity contribution in [1.29, 1.82) is 0 Å². The average Bonchev–Trinajstić information content (AvgIpc) is 2.62. The van der Waals surface area contributed by atoms with Crippen LogP contribution in [0.2, 0.25) is 5.02 Å². The smallest absolute Gasteiger partial charge is 0.282 e. The monoisotopic (exact) mass is 373 g/mol. The van der Waals surface area contributed by atoms with Gasteiger partial charge in [0.1, 0.15) is 0 Å². The molecule has 0 amide bonds. The Hall–Kier alpha value is -0.700. The summed E-state index contributed by atoms with van der Waals surface area (Å²) in [5, 5.41) is 0.729. The molecular weight excluding hydrogens is 350 g/mol. The van der Waals surface area contributed by atoms with Crippen LogP contribution in [0.15, 0.2) is 24.3 Å². The molecule has 134 valence electrons. The van der Waals surface area contributed by atoms with Gasteiger partial charge in [-0.3, -0.25) is 4.90 Å². The summed E-state index contributed by atoms with van der Waals surface area (Å²) in [6.07, 6.45) is 0. The lowest BCUT2D eigenvalue weighted by Gasteiger charge is -2.39. The third-order valence-electron chi connectivity index (χ3n) is 4.80. The van der Waals surface area contributed by atoms with Gasteiger partial charge < -0.3 is 4.74 Å². The minimum absolute atomic E-state index is 0.246. The second kappa shape index (κ2) is 7.68. The first-order chi connectivity index (χ1) is 11.5. The molecule has 3 rings (SSSR count). The molecule has 2 aliphatic rings. The summed E-state index contributed by atoms with van der Waals surface area (Å²) in [4.78, 5) is 2.31. The maximum atomic E-state index is 12.7. The van der Waals surface area contributed by atoms with Crippen molar-refractivity contribution >= 4 is 21.8 Å². The summed E-state index contributed by atoms with van der Waals surface area (Å²) in [6, 6.07) is 8.10. The van der Waals surface area contributed by atoms with Gasteiger partial charge in [0.25, 0.3) is 10.2 Å². The molecular formula is C16H24ClN3O3S. The lowest BCUT2D eigenvalue weighted by Crippen LogP contribution is -2.55. The summed E-state index contributed by atoms with van der Waals surface area (Å²) in [5.74, 6) is 0. The van der Waals surface area contributed by atoms with Crippen molar-refractivity contribution in [2.24, 2.45) is 0 Å². The number of rotatable bonds is 4. The fourth-order valence-corrected chi connectivity index (χ4v) is 4.90. The van der Waals surface area contributed by atoms with Crippen LogP contribution in [0.25, 0.3) is 0 Å². The minimum Gasteiger partial charge on any atom is -0.379 e. The Balaban J connectivity index is 1.59. The lowest BCUT2D eigenvalue weighted by atomic mass is 10.1. The standard InChI is InChI=1S/C16H24ClN3O3S/c1-14(15-2-4-16(17)5-3-15)18-6-8-19(9-7-18)24(21,22)20-10-12-23-13-11-20/h2-5,14H,6-13H2,1H3. The molecule has 0 aliphatic carbocycles. The van der Waals surface area contributed by atoms with E-state index in [2.05, 4.69) is 11.8 Å². The predicted octanol–water partition coefficient (Wildman–Crippen LogP) is 1.60. The van der Waals surface area contributed by atoms with E-state index in [1.807, 2.05) is 24.3 Å². The fraction of sp³-hybridized carbons (Fsp3) is 0.625. The molecule has 8 heteroatoms. The van der Waals surface area contributed by atoms with Crippen molar-refractivity contribution in [3.05, 3.63) is 34.9 Å². The molecule has 0 bridgehead atoms. The Kier molecular flexibility index (Phi) is 5.79. The van der Waals surface area contributed by atoms with E-state index in [0.717, 1.165) is 18.1 Å². The predicted molar refractivity (Wildman–Crippen MR) is 94.3 cm³/mol. The van der Waals surface area contributed by atoms with Crippen molar-refractivity contribution in [2.75, 3.05) is 52.5 Å². The molecule has 1 atom stereocenters. The van der Waals surface area contributed by atoms with Gasteiger partial charge in [-0.2, -0.15) is 17.0 Å². The number of morpholine rings is 1. The SMILES string of the molecule is CC(c1ccc(Cl)cc1)N1CCN(S(=O)(=O)N2CCOCC2)CC1. The van der Waals surface area contributed by atoms with Crippen LogP contribution in [0, 0.1) is 0 Å². The van der Waals surface area contributed by atoms with E-state index in [0.29, 0.717) is 39.4 Å². The van der Waals surface area contributed by atoms with Gasteiger partial charge in [-0.15, -0.1) is 0 Å². The highest BCUT2D eigenvalue weighted by Gasteiger charge is 2.34. The molecule has 0 N–H and O–H groups in total. The highest BCUT2D eigenvalue weighted by Crippen LogP contribution is 2.24. The molecule has 0 spiro atoms. The zero-order valence-electron chi connectivity index (χ0n) is 13.9. The maximum Gasteiger partial charge on any atom is 0.282 e. The van der Waals surface area contributed by atoms with E-state index in [9.17, 15) is 8.42 Å². The van der Waals surface area contributed by atoms with Crippen LogP contribution in [-0.2, 0) is 14.9 Å². The van der Waals surface area contributed by atoms with Crippen LogP contribution < -0.4 is 0 Å². The van der Waals surface area contributed by atoms with Crippen LogP contribution in [0.5, 0.6) is 0 Å². The van der Waals surface area contributed by atoms with Crippen molar-refractivity contribution in [3.8, 4) is 0 Å². The zero-order chi connectivity index (χ0) is 17.2. The topological polar surface area (TPSA) is 53.1 Å². The molecule has 0 aromatic heterocycles. The highest BCUT2D eigenvalue weighted by atomic mass is 35.5. The van der Waals surface area contributed by atoms with E-state index < -0.39 is 10.2 Å². The van der Waals surface area contributed by atoms with Crippen LogP contribution >= 0.6 is 11.6 Å². The number of halogens is 1.